The third-order valence-corrected chi connectivity index (χ3v) is 7.79. The number of allylic oxidation sites excluding steroid dienone is 6. The molecule has 0 spiro atoms. The molecule has 0 N–H and O–H groups in total. The average molecular weight is 650 g/mol. The number of unbranched alkanes of at least 4 members (excludes halogenated alkanes) is 12. The first-order valence-corrected chi connectivity index (χ1v) is 18.0. The molecule has 8 heteroatoms. The molecule has 0 aliphatic carbocycles. The molecule has 0 aliphatic rings. The van der Waals surface area contributed by atoms with Crippen LogP contribution in [0.3, 0.4) is 0 Å². The van der Waals surface area contributed by atoms with Crippen molar-refractivity contribution in [3.63, 3.8) is 0 Å². The van der Waals surface area contributed by atoms with Crippen molar-refractivity contribution in [2.45, 2.75) is 148 Å². The molecule has 46 heavy (non-hydrogen) atoms. The normalized spacial score (nSPS) is 13.5. The summed E-state index contributed by atoms with van der Waals surface area (Å²) < 4.78 is 16.9. The van der Waals surface area contributed by atoms with Crippen molar-refractivity contribution in [1.82, 2.24) is 0 Å². The number of hydrogen-bond acceptors (Lipinski definition) is 7. The van der Waals surface area contributed by atoms with Crippen molar-refractivity contribution in [2.24, 2.45) is 0 Å². The van der Waals surface area contributed by atoms with Crippen LogP contribution in [-0.2, 0) is 28.6 Å². The van der Waals surface area contributed by atoms with Crippen LogP contribution in [0.15, 0.2) is 36.5 Å². The molecule has 0 radical (unpaired) electrons. The topological polar surface area (TPSA) is 102 Å². The van der Waals surface area contributed by atoms with E-state index in [9.17, 15) is 19.5 Å². The zero-order chi connectivity index (χ0) is 34.3. The van der Waals surface area contributed by atoms with Crippen molar-refractivity contribution >= 4 is 17.9 Å². The number of rotatable bonds is 31. The van der Waals surface area contributed by atoms with Gasteiger partial charge in [0.25, 0.3) is 0 Å². The van der Waals surface area contributed by atoms with Crippen LogP contribution in [0.4, 0.5) is 0 Å². The molecule has 2 atom stereocenters. The minimum atomic E-state index is -1.13. The van der Waals surface area contributed by atoms with E-state index in [1.165, 1.54) is 44.9 Å². The van der Waals surface area contributed by atoms with Gasteiger partial charge >= 0.3 is 11.9 Å². The van der Waals surface area contributed by atoms with Gasteiger partial charge in [0.05, 0.1) is 40.3 Å². The summed E-state index contributed by atoms with van der Waals surface area (Å²) in [6.45, 7) is 4.48. The lowest BCUT2D eigenvalue weighted by atomic mass is 10.1. The number of nitrogens with zero attached hydrogens (tertiary/aromatic N) is 1. The Hall–Kier alpha value is -2.45. The fourth-order valence-corrected chi connectivity index (χ4v) is 4.90. The number of carboxylic acid groups (broad SMARTS) is 1. The van der Waals surface area contributed by atoms with Gasteiger partial charge in [0.15, 0.2) is 6.10 Å². The Morgan fingerprint density at radius 3 is 1.78 bits per heavy atom. The van der Waals surface area contributed by atoms with E-state index in [4.69, 9.17) is 14.2 Å². The number of esters is 2. The third-order valence-electron chi connectivity index (χ3n) is 7.79. The first-order valence-electron chi connectivity index (χ1n) is 18.0. The summed E-state index contributed by atoms with van der Waals surface area (Å²) in [6.07, 6.45) is 30.5. The summed E-state index contributed by atoms with van der Waals surface area (Å²) in [6, 6.07) is -0.730. The number of carbonyl (C=O) groups excluding carboxylic acids is 3. The van der Waals surface area contributed by atoms with Gasteiger partial charge in [-0.1, -0.05) is 102 Å². The zero-order valence-electron chi connectivity index (χ0n) is 30.0. The summed E-state index contributed by atoms with van der Waals surface area (Å²) in [5, 5.41) is 11.5. The Kier molecular flexibility index (Phi) is 28.3. The fraction of sp³-hybridized carbons (Fsp3) is 0.763. The van der Waals surface area contributed by atoms with Crippen molar-refractivity contribution in [3.8, 4) is 0 Å². The van der Waals surface area contributed by atoms with Crippen LogP contribution in [0.25, 0.3) is 0 Å². The van der Waals surface area contributed by atoms with Gasteiger partial charge in [-0.15, -0.1) is 0 Å². The summed E-state index contributed by atoms with van der Waals surface area (Å²) in [5.74, 6) is -1.83. The number of carbonyl (C=O) groups is 3. The molecule has 266 valence electrons. The molecule has 0 fully saturated rings. The quantitative estimate of drug-likeness (QED) is 0.0254. The van der Waals surface area contributed by atoms with Gasteiger partial charge in [0.1, 0.15) is 12.6 Å². The number of carboxylic acids is 1. The fourth-order valence-electron chi connectivity index (χ4n) is 4.90. The van der Waals surface area contributed by atoms with Gasteiger partial charge in [-0.05, 0) is 51.4 Å². The summed E-state index contributed by atoms with van der Waals surface area (Å²) in [7, 11) is 5.37. The molecular formula is C38H67NO7. The number of likely N-dealkylation sites (N-methyl/N-ethyl adjacent to an activating group) is 1. The molecule has 0 aromatic carbocycles. The first-order chi connectivity index (χ1) is 22.1. The van der Waals surface area contributed by atoms with Gasteiger partial charge in [-0.3, -0.25) is 9.59 Å². The van der Waals surface area contributed by atoms with Crippen LogP contribution in [0.5, 0.6) is 0 Å². The van der Waals surface area contributed by atoms with Crippen LogP contribution >= 0.6 is 0 Å². The van der Waals surface area contributed by atoms with Gasteiger partial charge in [-0.25, -0.2) is 0 Å². The second-order valence-corrected chi connectivity index (χ2v) is 13.1. The predicted molar refractivity (Wildman–Crippen MR) is 185 cm³/mol. The Morgan fingerprint density at radius 2 is 1.20 bits per heavy atom. The molecule has 0 rings (SSSR count). The third kappa shape index (κ3) is 27.8. The Balaban J connectivity index is 4.41. The van der Waals surface area contributed by atoms with Gasteiger partial charge in [0, 0.05) is 19.3 Å². The van der Waals surface area contributed by atoms with Gasteiger partial charge in [-0.2, -0.15) is 0 Å². The Bertz CT molecular complexity index is 860. The van der Waals surface area contributed by atoms with E-state index in [0.29, 0.717) is 12.8 Å². The summed E-state index contributed by atoms with van der Waals surface area (Å²) in [5.41, 5.74) is 0. The molecule has 2 unspecified atom stereocenters. The predicted octanol–water partition coefficient (Wildman–Crippen LogP) is 7.40. The summed E-state index contributed by atoms with van der Waals surface area (Å²) >= 11 is 0. The second-order valence-electron chi connectivity index (χ2n) is 13.1. The first kappa shape index (κ1) is 43.5. The van der Waals surface area contributed by atoms with E-state index in [-0.39, 0.29) is 49.1 Å². The average Bonchev–Trinajstić information content (AvgIpc) is 3.00. The highest BCUT2D eigenvalue weighted by Gasteiger charge is 2.25. The van der Waals surface area contributed by atoms with Crippen molar-refractivity contribution in [2.75, 3.05) is 41.0 Å². The highest BCUT2D eigenvalue weighted by molar-refractivity contribution is 5.70. The second kappa shape index (κ2) is 29.9. The Morgan fingerprint density at radius 1 is 0.652 bits per heavy atom. The molecule has 0 saturated heterocycles. The Labute approximate surface area is 281 Å². The molecule has 0 aliphatic heterocycles. The van der Waals surface area contributed by atoms with E-state index in [2.05, 4.69) is 44.2 Å². The standard InChI is InChI=1S/C38H67NO7/c1-6-8-10-12-14-15-16-17-18-19-20-21-23-24-26-28-36(40)45-33-34(32-44-31-30-35(38(42)43)39(3,4)5)46-37(41)29-27-25-22-13-11-9-7-2/h14-17,22,25,34-35H,6-13,18-21,23-24,26-33H2,1-5H3/b15-14+,17-16+,25-22+. The maximum absolute atomic E-state index is 12.5. The maximum Gasteiger partial charge on any atom is 0.306 e. The van der Waals surface area contributed by atoms with E-state index >= 15 is 0 Å². The van der Waals surface area contributed by atoms with E-state index in [0.717, 1.165) is 51.4 Å². The molecule has 0 heterocycles. The van der Waals surface area contributed by atoms with Crippen molar-refractivity contribution in [3.05, 3.63) is 36.5 Å². The molecule has 0 aromatic rings. The highest BCUT2D eigenvalue weighted by Crippen LogP contribution is 2.11. The molecule has 8 nitrogen and oxygen atoms in total. The maximum atomic E-state index is 12.5. The lowest BCUT2D eigenvalue weighted by Gasteiger charge is -2.34. The van der Waals surface area contributed by atoms with E-state index in [1.54, 1.807) is 21.1 Å². The van der Waals surface area contributed by atoms with Crippen molar-refractivity contribution < 1.29 is 38.2 Å². The SMILES string of the molecule is CCCCC/C=C/C=C/CCCCCCCCC(=O)OCC(COCCC(C(=O)[O-])[N+](C)(C)C)OC(=O)CC/C=C/CCCCC. The molecule has 0 amide bonds. The van der Waals surface area contributed by atoms with Crippen LogP contribution in [0.1, 0.15) is 136 Å². The number of hydrogen-bond donors (Lipinski definition) is 0. The van der Waals surface area contributed by atoms with Crippen LogP contribution in [-0.4, -0.2) is 75.5 Å². The van der Waals surface area contributed by atoms with Crippen LogP contribution in [0, 0.1) is 0 Å². The van der Waals surface area contributed by atoms with E-state index in [1.807, 2.05) is 6.08 Å². The van der Waals surface area contributed by atoms with E-state index < -0.39 is 18.1 Å². The van der Waals surface area contributed by atoms with Crippen molar-refractivity contribution in [1.29, 1.82) is 0 Å². The largest absolute Gasteiger partial charge is 0.544 e. The zero-order valence-corrected chi connectivity index (χ0v) is 30.0. The van der Waals surface area contributed by atoms with Crippen LogP contribution < -0.4 is 5.11 Å². The molecule has 0 saturated carbocycles. The smallest absolute Gasteiger partial charge is 0.306 e. The molecular weight excluding hydrogens is 582 g/mol. The highest BCUT2D eigenvalue weighted by atomic mass is 16.6. The molecule has 0 aromatic heterocycles. The lowest BCUT2D eigenvalue weighted by molar-refractivity contribution is -0.889. The minimum Gasteiger partial charge on any atom is -0.544 e. The minimum absolute atomic E-state index is 0.0211. The number of quaternary nitrogens is 1. The van der Waals surface area contributed by atoms with Gasteiger partial charge < -0.3 is 28.6 Å². The monoisotopic (exact) mass is 649 g/mol. The summed E-state index contributed by atoms with van der Waals surface area (Å²) in [4.78, 5) is 36.4. The molecule has 0 bridgehead atoms. The van der Waals surface area contributed by atoms with Gasteiger partial charge in [0.2, 0.25) is 0 Å². The number of ether oxygens (including phenoxy) is 3. The lowest BCUT2D eigenvalue weighted by Crippen LogP contribution is -2.55. The van der Waals surface area contributed by atoms with Crippen LogP contribution in [0.2, 0.25) is 0 Å². The number of aliphatic carboxylic acids is 1.